The lowest BCUT2D eigenvalue weighted by molar-refractivity contribution is -0.141. The molecule has 3 amide bonds. The molecule has 4 rings (SSSR count). The maximum atomic E-state index is 13.7. The van der Waals surface area contributed by atoms with Gasteiger partial charge < -0.3 is 10.1 Å². The molecular formula is C25H20ClF3N10O4. The van der Waals surface area contributed by atoms with Crippen LogP contribution in [0.5, 0.6) is 0 Å². The van der Waals surface area contributed by atoms with Crippen LogP contribution in [0.2, 0.25) is 5.02 Å². The van der Waals surface area contributed by atoms with Gasteiger partial charge >= 0.3 is 12.3 Å². The van der Waals surface area contributed by atoms with Gasteiger partial charge in [0.1, 0.15) is 12.2 Å². The number of ether oxygens (including phenoxy) is 1. The number of carbonyl (C=O) groups is 3. The number of amides is 3. The number of rotatable bonds is 6. The van der Waals surface area contributed by atoms with Gasteiger partial charge in [0, 0.05) is 13.2 Å². The molecule has 4 aromatic rings. The summed E-state index contributed by atoms with van der Waals surface area (Å²) in [5.74, 6) is -1.65. The molecule has 0 aliphatic heterocycles. The molecule has 2 N–H and O–H groups in total. The highest BCUT2D eigenvalue weighted by Gasteiger charge is 2.34. The van der Waals surface area contributed by atoms with Crippen molar-refractivity contribution in [1.29, 1.82) is 5.26 Å². The van der Waals surface area contributed by atoms with Crippen molar-refractivity contribution >= 4 is 35.2 Å². The van der Waals surface area contributed by atoms with E-state index in [1.807, 2.05) is 6.07 Å². The minimum Gasteiger partial charge on any atom is -0.452 e. The SMILES string of the molecule is COC(=O)N(C)NC(=O)c1cc(C#N)cc(C)c1NC(=O)c1cc(Cn2ncc(C(F)(F)F)n2)nn1-c1ncccc1Cl. The fourth-order valence-corrected chi connectivity index (χ4v) is 3.98. The van der Waals surface area contributed by atoms with Crippen LogP contribution in [-0.2, 0) is 17.5 Å². The molecule has 3 heterocycles. The second kappa shape index (κ2) is 12.2. The molecule has 0 saturated carbocycles. The first-order chi connectivity index (χ1) is 20.3. The number of nitriles is 1. The summed E-state index contributed by atoms with van der Waals surface area (Å²) in [6, 6.07) is 8.85. The monoisotopic (exact) mass is 616 g/mol. The Labute approximate surface area is 245 Å². The van der Waals surface area contributed by atoms with Gasteiger partial charge in [-0.1, -0.05) is 11.6 Å². The first-order valence-corrected chi connectivity index (χ1v) is 12.4. The Kier molecular flexibility index (Phi) is 8.61. The highest BCUT2D eigenvalue weighted by Crippen LogP contribution is 2.28. The van der Waals surface area contributed by atoms with Crippen molar-refractivity contribution in [3.05, 3.63) is 81.5 Å². The second-order valence-electron chi connectivity index (χ2n) is 8.75. The summed E-state index contributed by atoms with van der Waals surface area (Å²) in [6.45, 7) is 1.19. The summed E-state index contributed by atoms with van der Waals surface area (Å²) in [5, 5.41) is 24.2. The third-order valence-corrected chi connectivity index (χ3v) is 6.02. The number of aryl methyl sites for hydroxylation is 1. The van der Waals surface area contributed by atoms with Gasteiger partial charge in [-0.25, -0.2) is 19.5 Å². The van der Waals surface area contributed by atoms with E-state index in [1.165, 1.54) is 44.4 Å². The van der Waals surface area contributed by atoms with Crippen molar-refractivity contribution in [3.63, 3.8) is 0 Å². The van der Waals surface area contributed by atoms with Crippen LogP contribution in [0.15, 0.2) is 42.7 Å². The van der Waals surface area contributed by atoms with E-state index in [4.69, 9.17) is 11.6 Å². The van der Waals surface area contributed by atoms with Crippen LogP contribution in [0.4, 0.5) is 23.7 Å². The van der Waals surface area contributed by atoms with Crippen molar-refractivity contribution in [1.82, 2.24) is 40.2 Å². The van der Waals surface area contributed by atoms with Gasteiger partial charge in [-0.3, -0.25) is 15.0 Å². The highest BCUT2D eigenvalue weighted by atomic mass is 35.5. The smallest absolute Gasteiger partial charge is 0.436 e. The lowest BCUT2D eigenvalue weighted by atomic mass is 10.0. The molecule has 0 fully saturated rings. The second-order valence-corrected chi connectivity index (χ2v) is 9.16. The van der Waals surface area contributed by atoms with Crippen molar-refractivity contribution in [2.75, 3.05) is 19.5 Å². The maximum Gasteiger partial charge on any atom is 0.436 e. The van der Waals surface area contributed by atoms with Crippen molar-refractivity contribution in [2.45, 2.75) is 19.6 Å². The number of aromatic nitrogens is 6. The topological polar surface area (TPSA) is 173 Å². The summed E-state index contributed by atoms with van der Waals surface area (Å²) in [4.78, 5) is 43.4. The molecule has 0 saturated heterocycles. The minimum atomic E-state index is -4.71. The lowest BCUT2D eigenvalue weighted by Crippen LogP contribution is -2.43. The number of hydrogen-bond donors (Lipinski definition) is 2. The Hall–Kier alpha value is -5.50. The van der Waals surface area contributed by atoms with Gasteiger partial charge in [-0.15, -0.1) is 5.10 Å². The van der Waals surface area contributed by atoms with Crippen LogP contribution in [0.3, 0.4) is 0 Å². The molecule has 18 heteroatoms. The third kappa shape index (κ3) is 6.70. The van der Waals surface area contributed by atoms with E-state index in [9.17, 15) is 32.8 Å². The van der Waals surface area contributed by atoms with E-state index in [1.54, 1.807) is 6.07 Å². The Morgan fingerprint density at radius 3 is 2.56 bits per heavy atom. The van der Waals surface area contributed by atoms with E-state index in [0.717, 1.165) is 21.6 Å². The van der Waals surface area contributed by atoms with Crippen molar-refractivity contribution in [3.8, 4) is 11.9 Å². The molecule has 0 aliphatic carbocycles. The number of hydrazine groups is 1. The van der Waals surface area contributed by atoms with Crippen LogP contribution in [-0.4, -0.2) is 66.8 Å². The summed E-state index contributed by atoms with van der Waals surface area (Å²) < 4.78 is 44.6. The van der Waals surface area contributed by atoms with Crippen LogP contribution in [0.25, 0.3) is 5.82 Å². The standard InChI is InChI=1S/C25H20ClF3N10O4/c1-13-7-14(10-30)8-16(22(40)36-37(2)24(42)43-3)20(13)33-23(41)18-9-15(12-38-32-11-19(35-38)25(27,28)29)34-39(18)21-17(26)5-4-6-31-21/h4-9,11H,12H2,1-3H3,(H,33,41)(H,36,40). The van der Waals surface area contributed by atoms with Crippen molar-refractivity contribution < 1.29 is 32.3 Å². The molecule has 0 bridgehead atoms. The zero-order valence-corrected chi connectivity index (χ0v) is 23.2. The molecule has 1 aromatic carbocycles. The number of nitrogens with zero attached hydrogens (tertiary/aromatic N) is 8. The summed E-state index contributed by atoms with van der Waals surface area (Å²) >= 11 is 6.29. The molecule has 0 spiro atoms. The number of nitrogens with one attached hydrogen (secondary N) is 2. The normalized spacial score (nSPS) is 11.0. The molecule has 3 aromatic heterocycles. The first kappa shape index (κ1) is 30.5. The van der Waals surface area contributed by atoms with E-state index < -0.39 is 29.8 Å². The fraction of sp³-hybridized carbons (Fsp3) is 0.200. The summed E-state index contributed by atoms with van der Waals surface area (Å²) in [6.07, 6.45) is -3.65. The van der Waals surface area contributed by atoms with Gasteiger partial charge in [-0.2, -0.15) is 33.4 Å². The first-order valence-electron chi connectivity index (χ1n) is 12.0. The molecule has 0 radical (unpaired) electrons. The molecule has 222 valence electrons. The van der Waals surface area contributed by atoms with Gasteiger partial charge in [0.15, 0.2) is 11.5 Å². The zero-order chi connectivity index (χ0) is 31.5. The number of anilines is 1. The number of pyridine rings is 1. The Bertz CT molecular complexity index is 1760. The zero-order valence-electron chi connectivity index (χ0n) is 22.5. The van der Waals surface area contributed by atoms with E-state index in [0.29, 0.717) is 11.8 Å². The molecule has 43 heavy (non-hydrogen) atoms. The van der Waals surface area contributed by atoms with Gasteiger partial charge in [0.05, 0.1) is 46.9 Å². The average molecular weight is 617 g/mol. The van der Waals surface area contributed by atoms with E-state index >= 15 is 0 Å². The maximum absolute atomic E-state index is 13.7. The number of halogens is 4. The number of hydrogen-bond acceptors (Lipinski definition) is 9. The molecule has 0 atom stereocenters. The van der Waals surface area contributed by atoms with E-state index in [-0.39, 0.29) is 45.6 Å². The molecule has 14 nitrogen and oxygen atoms in total. The van der Waals surface area contributed by atoms with Crippen molar-refractivity contribution in [2.24, 2.45) is 0 Å². The van der Waals surface area contributed by atoms with Crippen LogP contribution >= 0.6 is 11.6 Å². The van der Waals surface area contributed by atoms with Gasteiger partial charge in [-0.05, 0) is 42.8 Å². The Morgan fingerprint density at radius 1 is 1.19 bits per heavy atom. The third-order valence-electron chi connectivity index (χ3n) is 5.73. The Morgan fingerprint density at radius 2 is 1.93 bits per heavy atom. The quantitative estimate of drug-likeness (QED) is 0.308. The van der Waals surface area contributed by atoms with Crippen LogP contribution in [0.1, 0.15) is 43.4 Å². The predicted octanol–water partition coefficient (Wildman–Crippen LogP) is 3.35. The predicted molar refractivity (Wildman–Crippen MR) is 142 cm³/mol. The summed E-state index contributed by atoms with van der Waals surface area (Å²) in [5.41, 5.74) is 1.23. The average Bonchev–Trinajstić information content (AvgIpc) is 3.61. The Balaban J connectivity index is 1.74. The lowest BCUT2D eigenvalue weighted by Gasteiger charge is -2.19. The van der Waals surface area contributed by atoms with Crippen LogP contribution < -0.4 is 10.7 Å². The highest BCUT2D eigenvalue weighted by molar-refractivity contribution is 6.32. The minimum absolute atomic E-state index is 0.00949. The number of methoxy groups -OCH3 is 1. The number of alkyl halides is 3. The molecular weight excluding hydrogens is 597 g/mol. The fourth-order valence-electron chi connectivity index (χ4n) is 3.78. The van der Waals surface area contributed by atoms with Gasteiger partial charge in [0.25, 0.3) is 11.8 Å². The molecule has 0 aliphatic rings. The van der Waals surface area contributed by atoms with E-state index in [2.05, 4.69) is 35.8 Å². The van der Waals surface area contributed by atoms with Crippen LogP contribution in [0, 0.1) is 18.3 Å². The largest absolute Gasteiger partial charge is 0.452 e. The summed E-state index contributed by atoms with van der Waals surface area (Å²) in [7, 11) is 2.34. The van der Waals surface area contributed by atoms with Gasteiger partial charge in [0.2, 0.25) is 0 Å². The number of benzene rings is 1. The molecule has 0 unspecified atom stereocenters. The number of carbonyl (C=O) groups excluding carboxylic acids is 3.